The van der Waals surface area contributed by atoms with Crippen LogP contribution in [0.1, 0.15) is 0 Å². The Labute approximate surface area is 72.6 Å². The summed E-state index contributed by atoms with van der Waals surface area (Å²) in [5, 5.41) is 4.56. The fourth-order valence-corrected chi connectivity index (χ4v) is 1.47. The molecule has 0 amide bonds. The SMILES string of the molecule is COc1c[s+](OC)[nH]n(OC)[nH]1. The lowest BCUT2D eigenvalue weighted by molar-refractivity contribution is 0.0921. The second-order valence-electron chi connectivity index (χ2n) is 1.83. The van der Waals surface area contributed by atoms with Crippen molar-refractivity contribution in [3.63, 3.8) is 0 Å². The van der Waals surface area contributed by atoms with Crippen LogP contribution in [-0.4, -0.2) is 35.9 Å². The Morgan fingerprint density at radius 3 is 2.67 bits per heavy atom. The number of aromatic amines is 2. The average molecular weight is 194 g/mol. The van der Waals surface area contributed by atoms with E-state index in [9.17, 15) is 0 Å². The topological polar surface area (TPSA) is 64.2 Å². The van der Waals surface area contributed by atoms with Crippen LogP contribution in [0, 0.1) is 0 Å². The molecule has 70 valence electrons. The van der Waals surface area contributed by atoms with Gasteiger partial charge in [-0.05, 0) is 9.45 Å². The molecule has 1 unspecified atom stereocenters. The summed E-state index contributed by atoms with van der Waals surface area (Å²) in [4.78, 5) is 6.18. The highest BCUT2D eigenvalue weighted by atomic mass is 32.2. The molecule has 0 bridgehead atoms. The molecule has 0 aliphatic heterocycles. The molecule has 0 saturated carbocycles. The molecule has 1 atom stereocenters. The molecule has 0 radical (unpaired) electrons. The third-order valence-electron chi connectivity index (χ3n) is 1.18. The third kappa shape index (κ3) is 1.95. The average Bonchev–Trinajstić information content (AvgIpc) is 2.16. The lowest BCUT2D eigenvalue weighted by Crippen LogP contribution is -2.15. The summed E-state index contributed by atoms with van der Waals surface area (Å²) in [6, 6.07) is 0. The molecule has 0 saturated heterocycles. The van der Waals surface area contributed by atoms with Gasteiger partial charge in [-0.1, -0.05) is 0 Å². The van der Waals surface area contributed by atoms with E-state index in [2.05, 4.69) is 9.59 Å². The Kier molecular flexibility index (Phi) is 3.06. The van der Waals surface area contributed by atoms with Crippen molar-refractivity contribution in [1.82, 2.24) is 14.5 Å². The van der Waals surface area contributed by atoms with Gasteiger partial charge in [-0.25, -0.2) is 5.10 Å². The molecule has 0 aliphatic rings. The number of aromatic nitrogens is 3. The number of nitrogens with zero attached hydrogens (tertiary/aromatic N) is 1. The van der Waals surface area contributed by atoms with Gasteiger partial charge in [-0.2, -0.15) is 0 Å². The molecule has 1 aromatic rings. The Bertz CT molecular complexity index is 215. The van der Waals surface area contributed by atoms with E-state index in [1.54, 1.807) is 19.6 Å². The summed E-state index contributed by atoms with van der Waals surface area (Å²) in [6.07, 6.45) is 0. The first-order valence-corrected chi connectivity index (χ1v) is 4.42. The molecule has 0 aromatic carbocycles. The van der Waals surface area contributed by atoms with E-state index in [0.29, 0.717) is 5.88 Å². The Morgan fingerprint density at radius 2 is 2.17 bits per heavy atom. The third-order valence-corrected chi connectivity index (χ3v) is 2.31. The standard InChI is InChI=1S/C5H12N3O3S/c1-9-5-4-12(11-3)7-8(6-5)10-2/h4,6-7H,1-3H3/q+1. The van der Waals surface area contributed by atoms with E-state index in [0.717, 1.165) is 0 Å². The van der Waals surface area contributed by atoms with Crippen molar-refractivity contribution < 1.29 is 13.8 Å². The van der Waals surface area contributed by atoms with E-state index >= 15 is 0 Å². The normalized spacial score (nSPS) is 11.1. The van der Waals surface area contributed by atoms with E-state index < -0.39 is 10.9 Å². The molecule has 12 heavy (non-hydrogen) atoms. The van der Waals surface area contributed by atoms with Crippen molar-refractivity contribution in [2.24, 2.45) is 0 Å². The van der Waals surface area contributed by atoms with Gasteiger partial charge in [-0.15, -0.1) is 4.18 Å². The quantitative estimate of drug-likeness (QED) is 0.673. The number of H-pyrrole nitrogens is 2. The molecule has 1 rings (SSSR count). The van der Waals surface area contributed by atoms with Crippen LogP contribution in [0.3, 0.4) is 0 Å². The van der Waals surface area contributed by atoms with Gasteiger partial charge in [0.2, 0.25) is 0 Å². The van der Waals surface area contributed by atoms with Crippen LogP contribution in [-0.2, 0) is 0 Å². The number of rotatable bonds is 3. The van der Waals surface area contributed by atoms with Crippen LogP contribution in [0.5, 0.6) is 5.88 Å². The van der Waals surface area contributed by atoms with Gasteiger partial charge in [-0.3, -0.25) is 0 Å². The number of hydrogen-bond donors (Lipinski definition) is 2. The number of methoxy groups -OCH3 is 1. The lowest BCUT2D eigenvalue weighted by Gasteiger charge is -2.03. The predicted octanol–water partition coefficient (Wildman–Crippen LogP) is 0.143. The molecule has 1 heterocycles. The van der Waals surface area contributed by atoms with Crippen molar-refractivity contribution in [3.8, 4) is 5.88 Å². The number of ether oxygens (including phenoxy) is 1. The second-order valence-corrected chi connectivity index (χ2v) is 3.18. The van der Waals surface area contributed by atoms with Crippen molar-refractivity contribution >= 4 is 10.9 Å². The molecule has 6 nitrogen and oxygen atoms in total. The van der Waals surface area contributed by atoms with E-state index in [-0.39, 0.29) is 0 Å². The molecule has 0 aliphatic carbocycles. The molecule has 0 fully saturated rings. The van der Waals surface area contributed by atoms with Crippen LogP contribution >= 0.6 is 10.9 Å². The van der Waals surface area contributed by atoms with Crippen molar-refractivity contribution in [2.45, 2.75) is 0 Å². The monoisotopic (exact) mass is 194 g/mol. The molecular formula is C5H12N3O3S+. The minimum Gasteiger partial charge on any atom is -0.478 e. The first-order chi connectivity index (χ1) is 5.80. The minimum absolute atomic E-state index is 0.510. The second kappa shape index (κ2) is 4.07. The maximum absolute atomic E-state index is 5.05. The van der Waals surface area contributed by atoms with E-state index in [1.165, 1.54) is 12.1 Å². The highest BCUT2D eigenvalue weighted by molar-refractivity contribution is 7.19. The van der Waals surface area contributed by atoms with Gasteiger partial charge in [0.15, 0.2) is 0 Å². The predicted molar refractivity (Wildman–Crippen MR) is 44.8 cm³/mol. The fraction of sp³-hybridized carbons (Fsp3) is 0.600. The molecule has 2 N–H and O–H groups in total. The summed E-state index contributed by atoms with van der Waals surface area (Å²) in [6.45, 7) is 0. The van der Waals surface area contributed by atoms with Gasteiger partial charge in [0.05, 0.1) is 7.11 Å². The van der Waals surface area contributed by atoms with Crippen LogP contribution in [0.25, 0.3) is 0 Å². The first-order valence-electron chi connectivity index (χ1n) is 3.20. The Balaban J connectivity index is 3.01. The highest BCUT2D eigenvalue weighted by Gasteiger charge is 2.07. The van der Waals surface area contributed by atoms with Crippen molar-refractivity contribution in [3.05, 3.63) is 5.38 Å². The van der Waals surface area contributed by atoms with Crippen LogP contribution in [0.4, 0.5) is 0 Å². The molecule has 0 spiro atoms. The van der Waals surface area contributed by atoms with Crippen LogP contribution in [0.2, 0.25) is 0 Å². The molecule has 1 aromatic heterocycles. The van der Waals surface area contributed by atoms with Gasteiger partial charge in [0.25, 0.3) is 22.2 Å². The molecular weight excluding hydrogens is 182 g/mol. The van der Waals surface area contributed by atoms with E-state index in [1.807, 2.05) is 0 Å². The number of hydrogen-bond acceptors (Lipinski definition) is 3. The highest BCUT2D eigenvalue weighted by Crippen LogP contribution is 2.12. The van der Waals surface area contributed by atoms with Crippen molar-refractivity contribution in [2.75, 3.05) is 21.3 Å². The summed E-state index contributed by atoms with van der Waals surface area (Å²) in [7, 11) is 4.17. The fourth-order valence-electron chi connectivity index (χ4n) is 0.617. The Morgan fingerprint density at radius 1 is 1.42 bits per heavy atom. The largest absolute Gasteiger partial charge is 0.478 e. The van der Waals surface area contributed by atoms with Gasteiger partial charge in [0, 0.05) is 0 Å². The van der Waals surface area contributed by atoms with Gasteiger partial charge in [0.1, 0.15) is 14.2 Å². The van der Waals surface area contributed by atoms with Crippen molar-refractivity contribution in [1.29, 1.82) is 0 Å². The zero-order chi connectivity index (χ0) is 8.97. The van der Waals surface area contributed by atoms with Gasteiger partial charge >= 0.3 is 0 Å². The van der Waals surface area contributed by atoms with Crippen LogP contribution in [0.15, 0.2) is 5.38 Å². The smallest absolute Gasteiger partial charge is 0.269 e. The van der Waals surface area contributed by atoms with Gasteiger partial charge < -0.3 is 9.57 Å². The Hall–Kier alpha value is -1.08. The number of nitrogens with one attached hydrogen (secondary N) is 2. The lowest BCUT2D eigenvalue weighted by atomic mass is 10.9. The summed E-state index contributed by atoms with van der Waals surface area (Å²) < 4.78 is 12.9. The maximum atomic E-state index is 5.05. The van der Waals surface area contributed by atoms with Crippen LogP contribution < -0.4 is 13.8 Å². The zero-order valence-corrected chi connectivity index (χ0v) is 7.97. The first kappa shape index (κ1) is 9.01. The zero-order valence-electron chi connectivity index (χ0n) is 7.16. The van der Waals surface area contributed by atoms with E-state index in [4.69, 9.17) is 13.8 Å². The summed E-state index contributed by atoms with van der Waals surface area (Å²) in [5.74, 6) is 0.584. The molecule has 7 heteroatoms. The maximum Gasteiger partial charge on any atom is 0.269 e. The minimum atomic E-state index is -0.510. The summed E-state index contributed by atoms with van der Waals surface area (Å²) >= 11 is 0. The summed E-state index contributed by atoms with van der Waals surface area (Å²) in [5.41, 5.74) is 0.